The lowest BCUT2D eigenvalue weighted by molar-refractivity contribution is 0.810. The molecule has 5 heteroatoms. The van der Waals surface area contributed by atoms with Crippen LogP contribution in [-0.4, -0.2) is 9.55 Å². The Labute approximate surface area is 126 Å². The SMILES string of the molecule is N#Cc1cccc(Cn2c(=S)[nH]c3cc(Cl)ccc32)c1. The highest BCUT2D eigenvalue weighted by Crippen LogP contribution is 2.20. The summed E-state index contributed by atoms with van der Waals surface area (Å²) in [6.07, 6.45) is 0. The summed E-state index contributed by atoms with van der Waals surface area (Å²) < 4.78 is 2.64. The summed E-state index contributed by atoms with van der Waals surface area (Å²) in [4.78, 5) is 3.15. The van der Waals surface area contributed by atoms with E-state index in [1.54, 1.807) is 6.07 Å². The average Bonchev–Trinajstić information content (AvgIpc) is 2.74. The van der Waals surface area contributed by atoms with E-state index >= 15 is 0 Å². The highest BCUT2D eigenvalue weighted by Gasteiger charge is 2.06. The van der Waals surface area contributed by atoms with Crippen LogP contribution in [0.2, 0.25) is 5.02 Å². The van der Waals surface area contributed by atoms with Crippen molar-refractivity contribution in [3.05, 3.63) is 63.4 Å². The number of nitriles is 1. The van der Waals surface area contributed by atoms with Crippen LogP contribution in [0.4, 0.5) is 0 Å². The van der Waals surface area contributed by atoms with E-state index in [4.69, 9.17) is 29.1 Å². The Kier molecular flexibility index (Phi) is 3.31. The number of nitrogens with one attached hydrogen (secondary N) is 1. The number of benzene rings is 2. The van der Waals surface area contributed by atoms with Gasteiger partial charge < -0.3 is 9.55 Å². The quantitative estimate of drug-likeness (QED) is 0.718. The van der Waals surface area contributed by atoms with Crippen molar-refractivity contribution < 1.29 is 0 Å². The normalized spacial score (nSPS) is 10.6. The van der Waals surface area contributed by atoms with E-state index < -0.39 is 0 Å². The van der Waals surface area contributed by atoms with E-state index in [0.29, 0.717) is 21.9 Å². The molecule has 1 heterocycles. The summed E-state index contributed by atoms with van der Waals surface area (Å²) in [5, 5.41) is 9.62. The third kappa shape index (κ3) is 2.34. The van der Waals surface area contributed by atoms with Crippen molar-refractivity contribution in [1.82, 2.24) is 9.55 Å². The lowest BCUT2D eigenvalue weighted by atomic mass is 10.1. The van der Waals surface area contributed by atoms with E-state index in [0.717, 1.165) is 16.6 Å². The van der Waals surface area contributed by atoms with Crippen LogP contribution in [0.3, 0.4) is 0 Å². The van der Waals surface area contributed by atoms with Crippen molar-refractivity contribution in [3.63, 3.8) is 0 Å². The molecule has 0 amide bonds. The van der Waals surface area contributed by atoms with Crippen molar-refractivity contribution in [1.29, 1.82) is 5.26 Å². The molecule has 3 nitrogen and oxygen atoms in total. The van der Waals surface area contributed by atoms with Gasteiger partial charge in [-0.3, -0.25) is 0 Å². The standard InChI is InChI=1S/C15H10ClN3S/c16-12-4-5-14-13(7-12)18-15(20)19(14)9-11-3-1-2-10(6-11)8-17/h1-7H,9H2,(H,18,20). The zero-order valence-electron chi connectivity index (χ0n) is 10.4. The number of aromatic nitrogens is 2. The molecule has 1 aromatic heterocycles. The van der Waals surface area contributed by atoms with E-state index in [1.807, 2.05) is 41.0 Å². The van der Waals surface area contributed by atoms with Crippen LogP contribution in [0.25, 0.3) is 11.0 Å². The third-order valence-corrected chi connectivity index (χ3v) is 3.69. The fraction of sp³-hybridized carbons (Fsp3) is 0.0667. The summed E-state index contributed by atoms with van der Waals surface area (Å²) in [7, 11) is 0. The zero-order valence-corrected chi connectivity index (χ0v) is 12.0. The molecule has 3 rings (SSSR count). The molecule has 0 aliphatic rings. The van der Waals surface area contributed by atoms with E-state index in [1.165, 1.54) is 0 Å². The smallest absolute Gasteiger partial charge is 0.178 e. The number of hydrogen-bond acceptors (Lipinski definition) is 2. The molecule has 0 aliphatic heterocycles. The van der Waals surface area contributed by atoms with Gasteiger partial charge >= 0.3 is 0 Å². The first-order valence-electron chi connectivity index (χ1n) is 6.04. The zero-order chi connectivity index (χ0) is 14.1. The number of fused-ring (bicyclic) bond motifs is 1. The molecule has 0 unspecified atom stereocenters. The van der Waals surface area contributed by atoms with E-state index in [-0.39, 0.29) is 0 Å². The van der Waals surface area contributed by atoms with Crippen LogP contribution in [-0.2, 0) is 6.54 Å². The van der Waals surface area contributed by atoms with Crippen LogP contribution in [0.15, 0.2) is 42.5 Å². The lowest BCUT2D eigenvalue weighted by Crippen LogP contribution is -1.99. The maximum absolute atomic E-state index is 8.95. The molecule has 2 aromatic carbocycles. The summed E-state index contributed by atoms with van der Waals surface area (Å²) in [6, 6.07) is 15.3. The molecule has 0 aliphatic carbocycles. The minimum atomic E-state index is 0.621. The first kappa shape index (κ1) is 12.9. The van der Waals surface area contributed by atoms with Crippen LogP contribution >= 0.6 is 23.8 Å². The molecule has 3 aromatic rings. The fourth-order valence-electron chi connectivity index (χ4n) is 2.21. The van der Waals surface area contributed by atoms with Gasteiger partial charge in [0.25, 0.3) is 0 Å². The molecule has 98 valence electrons. The summed E-state index contributed by atoms with van der Waals surface area (Å²) >= 11 is 11.3. The molecular weight excluding hydrogens is 290 g/mol. The van der Waals surface area contributed by atoms with Gasteiger partial charge in [0.2, 0.25) is 0 Å². The van der Waals surface area contributed by atoms with E-state index in [9.17, 15) is 0 Å². The fourth-order valence-corrected chi connectivity index (χ4v) is 2.66. The number of aromatic amines is 1. The molecule has 0 bridgehead atoms. The van der Waals surface area contributed by atoms with Crippen molar-refractivity contribution in [2.75, 3.05) is 0 Å². The Balaban J connectivity index is 2.09. The Morgan fingerprint density at radius 3 is 2.90 bits per heavy atom. The van der Waals surface area contributed by atoms with Gasteiger partial charge in [0.15, 0.2) is 4.77 Å². The Morgan fingerprint density at radius 2 is 2.10 bits per heavy atom. The van der Waals surface area contributed by atoms with Gasteiger partial charge in [-0.1, -0.05) is 23.7 Å². The maximum Gasteiger partial charge on any atom is 0.178 e. The lowest BCUT2D eigenvalue weighted by Gasteiger charge is -2.05. The second-order valence-electron chi connectivity index (χ2n) is 4.49. The van der Waals surface area contributed by atoms with Gasteiger partial charge in [0.05, 0.1) is 29.2 Å². The molecule has 0 saturated heterocycles. The Morgan fingerprint density at radius 1 is 1.25 bits per heavy atom. The molecule has 1 N–H and O–H groups in total. The van der Waals surface area contributed by atoms with Gasteiger partial charge in [-0.2, -0.15) is 5.26 Å². The van der Waals surface area contributed by atoms with Crippen LogP contribution < -0.4 is 0 Å². The largest absolute Gasteiger partial charge is 0.331 e. The molecule has 0 fully saturated rings. The molecule has 0 saturated carbocycles. The molecule has 0 spiro atoms. The van der Waals surface area contributed by atoms with Crippen LogP contribution in [0.5, 0.6) is 0 Å². The highest BCUT2D eigenvalue weighted by molar-refractivity contribution is 7.71. The average molecular weight is 300 g/mol. The highest BCUT2D eigenvalue weighted by atomic mass is 35.5. The summed E-state index contributed by atoms with van der Waals surface area (Å²) in [5.41, 5.74) is 3.61. The third-order valence-electron chi connectivity index (χ3n) is 3.13. The second kappa shape index (κ2) is 5.12. The van der Waals surface area contributed by atoms with Gasteiger partial charge in [0.1, 0.15) is 0 Å². The predicted octanol–water partition coefficient (Wildman–Crippen LogP) is 4.27. The number of H-pyrrole nitrogens is 1. The van der Waals surface area contributed by atoms with Crippen molar-refractivity contribution in [2.24, 2.45) is 0 Å². The Hall–Kier alpha value is -2.09. The van der Waals surface area contributed by atoms with Crippen molar-refractivity contribution in [2.45, 2.75) is 6.54 Å². The predicted molar refractivity (Wildman–Crippen MR) is 82.4 cm³/mol. The van der Waals surface area contributed by atoms with Crippen LogP contribution in [0.1, 0.15) is 11.1 Å². The number of imidazole rings is 1. The number of halogens is 1. The number of nitrogens with zero attached hydrogens (tertiary/aromatic N) is 2. The monoisotopic (exact) mass is 299 g/mol. The molecule has 0 radical (unpaired) electrons. The van der Waals surface area contributed by atoms with E-state index in [2.05, 4.69) is 11.1 Å². The van der Waals surface area contributed by atoms with Gasteiger partial charge in [-0.25, -0.2) is 0 Å². The minimum absolute atomic E-state index is 0.621. The summed E-state index contributed by atoms with van der Waals surface area (Å²) in [5.74, 6) is 0. The van der Waals surface area contributed by atoms with Crippen molar-refractivity contribution >= 4 is 34.9 Å². The van der Waals surface area contributed by atoms with Gasteiger partial charge in [0, 0.05) is 5.02 Å². The second-order valence-corrected chi connectivity index (χ2v) is 5.31. The topological polar surface area (TPSA) is 44.5 Å². The molecule has 0 atom stereocenters. The van der Waals surface area contributed by atoms with Gasteiger partial charge in [-0.15, -0.1) is 0 Å². The van der Waals surface area contributed by atoms with Crippen molar-refractivity contribution in [3.8, 4) is 6.07 Å². The number of rotatable bonds is 2. The maximum atomic E-state index is 8.95. The first-order chi connectivity index (χ1) is 9.67. The minimum Gasteiger partial charge on any atom is -0.331 e. The Bertz CT molecular complexity index is 886. The van der Waals surface area contributed by atoms with Gasteiger partial charge in [-0.05, 0) is 48.1 Å². The first-order valence-corrected chi connectivity index (χ1v) is 6.83. The number of hydrogen-bond donors (Lipinski definition) is 1. The molecular formula is C15H10ClN3S. The van der Waals surface area contributed by atoms with Crippen LogP contribution in [0, 0.1) is 16.1 Å². The summed E-state index contributed by atoms with van der Waals surface area (Å²) in [6.45, 7) is 0.621. The molecule has 20 heavy (non-hydrogen) atoms.